The van der Waals surface area contributed by atoms with Gasteiger partial charge in [0.2, 0.25) is 0 Å². The summed E-state index contributed by atoms with van der Waals surface area (Å²) in [6.07, 6.45) is 2.57. The normalized spacial score (nSPS) is 32.4. The van der Waals surface area contributed by atoms with E-state index in [2.05, 4.69) is 44.4 Å². The SMILES string of the molecule is OC1C(NCc2ccncc2)C2COC(O2)C1N1CCN(c2ccccc2)CC1. The number of anilines is 1. The van der Waals surface area contributed by atoms with Crippen molar-refractivity contribution in [2.75, 3.05) is 37.7 Å². The van der Waals surface area contributed by atoms with Crippen molar-refractivity contribution < 1.29 is 14.6 Å². The van der Waals surface area contributed by atoms with E-state index in [1.807, 2.05) is 18.2 Å². The minimum Gasteiger partial charge on any atom is -0.390 e. The maximum absolute atomic E-state index is 11.2. The second kappa shape index (κ2) is 8.38. The molecular formula is C22H28N4O3. The van der Waals surface area contributed by atoms with Gasteiger partial charge in [-0.2, -0.15) is 0 Å². The number of rotatable bonds is 5. The lowest BCUT2D eigenvalue weighted by Crippen LogP contribution is -2.66. The van der Waals surface area contributed by atoms with Gasteiger partial charge in [0.15, 0.2) is 6.29 Å². The zero-order valence-corrected chi connectivity index (χ0v) is 16.4. The first-order valence-corrected chi connectivity index (χ1v) is 10.4. The second-order valence-electron chi connectivity index (χ2n) is 7.98. The molecule has 0 amide bonds. The van der Waals surface area contributed by atoms with E-state index in [4.69, 9.17) is 9.47 Å². The average Bonchev–Trinajstić information content (AvgIpc) is 3.20. The molecule has 5 atom stereocenters. The topological polar surface area (TPSA) is 70.1 Å². The van der Waals surface area contributed by atoms with Gasteiger partial charge in [-0.05, 0) is 29.8 Å². The van der Waals surface area contributed by atoms with E-state index >= 15 is 0 Å². The number of aliphatic hydroxyl groups excluding tert-OH is 1. The molecule has 154 valence electrons. The Balaban J connectivity index is 1.24. The highest BCUT2D eigenvalue weighted by Crippen LogP contribution is 2.32. The number of hydrogen-bond donors (Lipinski definition) is 2. The van der Waals surface area contributed by atoms with E-state index < -0.39 is 6.10 Å². The largest absolute Gasteiger partial charge is 0.390 e. The third kappa shape index (κ3) is 3.89. The summed E-state index contributed by atoms with van der Waals surface area (Å²) in [5.74, 6) is 0. The number of nitrogens with one attached hydrogen (secondary N) is 1. The van der Waals surface area contributed by atoms with E-state index in [1.54, 1.807) is 12.4 Å². The van der Waals surface area contributed by atoms with Gasteiger partial charge in [0.25, 0.3) is 0 Å². The standard InChI is InChI=1S/C22H28N4O3/c27-21-19(24-14-16-6-8-23-9-7-16)18-15-28-22(29-18)20(21)26-12-10-25(11-13-26)17-4-2-1-3-5-17/h1-9,18-22,24,27H,10-15H2. The van der Waals surface area contributed by atoms with E-state index in [-0.39, 0.29) is 24.5 Å². The third-order valence-electron chi connectivity index (χ3n) is 6.28. The third-order valence-corrected chi connectivity index (χ3v) is 6.28. The number of nitrogens with zero attached hydrogens (tertiary/aromatic N) is 3. The first kappa shape index (κ1) is 19.0. The molecule has 0 radical (unpaired) electrons. The maximum atomic E-state index is 11.2. The predicted molar refractivity (Wildman–Crippen MR) is 110 cm³/mol. The quantitative estimate of drug-likeness (QED) is 0.776. The molecule has 7 nitrogen and oxygen atoms in total. The van der Waals surface area contributed by atoms with Crippen LogP contribution in [-0.4, -0.2) is 78.4 Å². The molecule has 3 aliphatic heterocycles. The lowest BCUT2D eigenvalue weighted by atomic mass is 9.94. The van der Waals surface area contributed by atoms with Crippen LogP contribution in [0, 0.1) is 0 Å². The summed E-state index contributed by atoms with van der Waals surface area (Å²) in [6, 6.07) is 14.2. The van der Waals surface area contributed by atoms with Crippen molar-refractivity contribution in [3.8, 4) is 0 Å². The molecule has 3 saturated heterocycles. The molecule has 5 rings (SSSR count). The van der Waals surface area contributed by atoms with Gasteiger partial charge in [0.05, 0.1) is 24.8 Å². The number of aromatic nitrogens is 1. The summed E-state index contributed by atoms with van der Waals surface area (Å²) in [7, 11) is 0. The van der Waals surface area contributed by atoms with Crippen LogP contribution in [0.1, 0.15) is 5.56 Å². The minimum absolute atomic E-state index is 0.112. The Hall–Kier alpha value is -2.03. The molecule has 1 aromatic carbocycles. The first-order valence-electron chi connectivity index (χ1n) is 10.4. The monoisotopic (exact) mass is 396 g/mol. The number of ether oxygens (including phenoxy) is 2. The van der Waals surface area contributed by atoms with Crippen LogP contribution in [0.4, 0.5) is 5.69 Å². The average molecular weight is 396 g/mol. The zero-order valence-electron chi connectivity index (χ0n) is 16.4. The van der Waals surface area contributed by atoms with Gasteiger partial charge in [-0.15, -0.1) is 0 Å². The molecular weight excluding hydrogens is 368 g/mol. The van der Waals surface area contributed by atoms with Crippen LogP contribution in [0.5, 0.6) is 0 Å². The van der Waals surface area contributed by atoms with Crippen LogP contribution in [0.15, 0.2) is 54.9 Å². The molecule has 0 spiro atoms. The van der Waals surface area contributed by atoms with Crippen molar-refractivity contribution in [3.05, 3.63) is 60.4 Å². The van der Waals surface area contributed by atoms with Gasteiger partial charge >= 0.3 is 0 Å². The summed E-state index contributed by atoms with van der Waals surface area (Å²) >= 11 is 0. The molecule has 4 heterocycles. The number of fused-ring (bicyclic) bond motifs is 2. The molecule has 0 aliphatic carbocycles. The van der Waals surface area contributed by atoms with Crippen molar-refractivity contribution in [1.82, 2.24) is 15.2 Å². The Morgan fingerprint density at radius 1 is 1.03 bits per heavy atom. The Morgan fingerprint density at radius 3 is 2.55 bits per heavy atom. The van der Waals surface area contributed by atoms with Crippen molar-refractivity contribution in [2.45, 2.75) is 37.1 Å². The lowest BCUT2D eigenvalue weighted by molar-refractivity contribution is -0.183. The Morgan fingerprint density at radius 2 is 1.79 bits per heavy atom. The van der Waals surface area contributed by atoms with Crippen LogP contribution in [-0.2, 0) is 16.0 Å². The molecule has 0 saturated carbocycles. The highest BCUT2D eigenvalue weighted by atomic mass is 16.7. The van der Waals surface area contributed by atoms with Crippen LogP contribution < -0.4 is 10.2 Å². The van der Waals surface area contributed by atoms with Crippen LogP contribution in [0.2, 0.25) is 0 Å². The highest BCUT2D eigenvalue weighted by Gasteiger charge is 2.52. The summed E-state index contributed by atoms with van der Waals surface area (Å²) in [4.78, 5) is 8.79. The molecule has 3 aliphatic rings. The Bertz CT molecular complexity index is 785. The van der Waals surface area contributed by atoms with Gasteiger partial charge in [0, 0.05) is 50.8 Å². The van der Waals surface area contributed by atoms with Gasteiger partial charge in [0.1, 0.15) is 6.10 Å². The molecule has 3 fully saturated rings. The van der Waals surface area contributed by atoms with Gasteiger partial charge in [-0.3, -0.25) is 9.88 Å². The summed E-state index contributed by atoms with van der Waals surface area (Å²) in [5, 5.41) is 14.7. The summed E-state index contributed by atoms with van der Waals surface area (Å²) in [5.41, 5.74) is 2.39. The summed E-state index contributed by atoms with van der Waals surface area (Å²) in [6.45, 7) is 4.81. The fourth-order valence-corrected chi connectivity index (χ4v) is 4.70. The predicted octanol–water partition coefficient (Wildman–Crippen LogP) is 0.847. The fraction of sp³-hybridized carbons (Fsp3) is 0.500. The van der Waals surface area contributed by atoms with Crippen molar-refractivity contribution >= 4 is 5.69 Å². The van der Waals surface area contributed by atoms with Gasteiger partial charge in [-0.1, -0.05) is 18.2 Å². The first-order chi connectivity index (χ1) is 14.3. The second-order valence-corrected chi connectivity index (χ2v) is 7.98. The van der Waals surface area contributed by atoms with Gasteiger partial charge < -0.3 is 24.8 Å². The van der Waals surface area contributed by atoms with Gasteiger partial charge in [-0.25, -0.2) is 0 Å². The maximum Gasteiger partial charge on any atom is 0.176 e. The van der Waals surface area contributed by atoms with E-state index in [9.17, 15) is 5.11 Å². The van der Waals surface area contributed by atoms with Crippen LogP contribution in [0.3, 0.4) is 0 Å². The highest BCUT2D eigenvalue weighted by molar-refractivity contribution is 5.46. The van der Waals surface area contributed by atoms with Crippen molar-refractivity contribution in [2.24, 2.45) is 0 Å². The Kier molecular flexibility index (Phi) is 5.48. The molecule has 1 aromatic heterocycles. The lowest BCUT2D eigenvalue weighted by Gasteiger charge is -2.47. The van der Waals surface area contributed by atoms with Crippen LogP contribution in [0.25, 0.3) is 0 Å². The number of hydrogen-bond acceptors (Lipinski definition) is 7. The zero-order chi connectivity index (χ0) is 19.6. The fourth-order valence-electron chi connectivity index (χ4n) is 4.70. The molecule has 2 N–H and O–H groups in total. The molecule has 7 heteroatoms. The number of para-hydroxylation sites is 1. The van der Waals surface area contributed by atoms with E-state index in [1.165, 1.54) is 5.69 Å². The molecule has 2 bridgehead atoms. The van der Waals surface area contributed by atoms with E-state index in [0.29, 0.717) is 13.2 Å². The number of aliphatic hydroxyl groups is 1. The number of benzene rings is 1. The molecule has 29 heavy (non-hydrogen) atoms. The smallest absolute Gasteiger partial charge is 0.176 e. The molecule has 2 aromatic rings. The molecule has 5 unspecified atom stereocenters. The summed E-state index contributed by atoms with van der Waals surface area (Å²) < 4.78 is 12.1. The Labute approximate surface area is 171 Å². The van der Waals surface area contributed by atoms with Crippen molar-refractivity contribution in [1.29, 1.82) is 0 Å². The number of piperazine rings is 1. The van der Waals surface area contributed by atoms with Crippen LogP contribution >= 0.6 is 0 Å². The van der Waals surface area contributed by atoms with E-state index in [0.717, 1.165) is 31.7 Å². The number of pyridine rings is 1. The minimum atomic E-state index is -0.536. The van der Waals surface area contributed by atoms with Crippen molar-refractivity contribution in [3.63, 3.8) is 0 Å².